The molecule has 0 aliphatic heterocycles. The minimum atomic E-state index is -0.798. The van der Waals surface area contributed by atoms with Crippen molar-refractivity contribution in [3.63, 3.8) is 0 Å². The van der Waals surface area contributed by atoms with Crippen LogP contribution in [0.1, 0.15) is 99.3 Å². The van der Waals surface area contributed by atoms with Crippen LogP contribution >= 0.6 is 0 Å². The van der Waals surface area contributed by atoms with Gasteiger partial charge in [-0.15, -0.1) is 0 Å². The molecule has 4 atom stereocenters. The maximum Gasteiger partial charge on any atom is 0.313 e. The largest absolute Gasteiger partial charge is 0.465 e. The second-order valence-electron chi connectivity index (χ2n) is 8.73. The van der Waals surface area contributed by atoms with Gasteiger partial charge in [-0.05, 0) is 56.8 Å². The van der Waals surface area contributed by atoms with Crippen LogP contribution in [0.3, 0.4) is 0 Å². The summed E-state index contributed by atoms with van der Waals surface area (Å²) in [6.07, 6.45) is 7.70. The summed E-state index contributed by atoms with van der Waals surface area (Å²) < 4.78 is 11.7. The molecule has 2 rings (SSSR count). The van der Waals surface area contributed by atoms with Gasteiger partial charge in [0.05, 0.1) is 24.0 Å². The van der Waals surface area contributed by atoms with Crippen LogP contribution in [0.25, 0.3) is 0 Å². The van der Waals surface area contributed by atoms with Crippen molar-refractivity contribution in [3.05, 3.63) is 11.1 Å². The van der Waals surface area contributed by atoms with Gasteiger partial charge in [-0.1, -0.05) is 65.5 Å². The van der Waals surface area contributed by atoms with Crippen molar-refractivity contribution >= 4 is 11.9 Å². The van der Waals surface area contributed by atoms with Crippen molar-refractivity contribution in [2.24, 2.45) is 22.7 Å². The molecule has 0 aromatic rings. The first-order valence-corrected chi connectivity index (χ1v) is 12.0. The van der Waals surface area contributed by atoms with E-state index >= 15 is 0 Å². The maximum atomic E-state index is 13.7. The summed E-state index contributed by atoms with van der Waals surface area (Å²) in [5, 5.41) is 0. The fourth-order valence-corrected chi connectivity index (χ4v) is 6.47. The lowest BCUT2D eigenvalue weighted by atomic mass is 9.52. The van der Waals surface area contributed by atoms with Crippen LogP contribution in [0, 0.1) is 22.7 Å². The molecule has 2 aliphatic rings. The van der Waals surface area contributed by atoms with E-state index in [1.54, 1.807) is 0 Å². The fourth-order valence-electron chi connectivity index (χ4n) is 6.47. The molecule has 1 saturated carbocycles. The number of hydrogen-bond acceptors (Lipinski definition) is 4. The van der Waals surface area contributed by atoms with Crippen LogP contribution in [0.4, 0.5) is 0 Å². The highest BCUT2D eigenvalue weighted by molar-refractivity contribution is 5.92. The molecule has 0 saturated heterocycles. The maximum absolute atomic E-state index is 13.7. The van der Waals surface area contributed by atoms with Gasteiger partial charge in [-0.3, -0.25) is 9.59 Å². The van der Waals surface area contributed by atoms with E-state index < -0.39 is 10.8 Å². The minimum Gasteiger partial charge on any atom is -0.465 e. The molecule has 2 aliphatic carbocycles. The summed E-state index contributed by atoms with van der Waals surface area (Å²) in [6.45, 7) is 13.5. The van der Waals surface area contributed by atoms with Gasteiger partial charge in [0, 0.05) is 0 Å². The lowest BCUT2D eigenvalue weighted by Gasteiger charge is -2.50. The Kier molecular flexibility index (Phi) is 8.37. The highest BCUT2D eigenvalue weighted by Crippen LogP contribution is 2.72. The number of unbranched alkanes of at least 4 members (excludes halogenated alkanes) is 2. The first-order chi connectivity index (χ1) is 14.0. The normalized spacial score (nSPS) is 30.7. The third kappa shape index (κ3) is 3.55. The third-order valence-corrected chi connectivity index (χ3v) is 7.78. The molecular formula is C25H42O4. The molecular weight excluding hydrogens is 364 g/mol. The molecule has 2 bridgehead atoms. The highest BCUT2D eigenvalue weighted by Gasteiger charge is 2.75. The van der Waals surface area contributed by atoms with E-state index in [4.69, 9.17) is 9.47 Å². The zero-order valence-electron chi connectivity index (χ0n) is 19.6. The zero-order valence-corrected chi connectivity index (χ0v) is 19.6. The van der Waals surface area contributed by atoms with Crippen LogP contribution in [-0.4, -0.2) is 25.2 Å². The molecule has 1 fully saturated rings. The van der Waals surface area contributed by atoms with Gasteiger partial charge in [0.1, 0.15) is 0 Å². The van der Waals surface area contributed by atoms with Crippen molar-refractivity contribution in [2.75, 3.05) is 13.2 Å². The second-order valence-corrected chi connectivity index (χ2v) is 8.73. The van der Waals surface area contributed by atoms with Gasteiger partial charge in [0.15, 0.2) is 0 Å². The lowest BCUT2D eigenvalue weighted by molar-refractivity contribution is -0.186. The predicted octanol–water partition coefficient (Wildman–Crippen LogP) is 6.23. The quantitative estimate of drug-likeness (QED) is 0.219. The third-order valence-electron chi connectivity index (χ3n) is 7.78. The van der Waals surface area contributed by atoms with E-state index in [-0.39, 0.29) is 23.8 Å². The van der Waals surface area contributed by atoms with Crippen LogP contribution in [-0.2, 0) is 19.1 Å². The molecule has 4 heteroatoms. The summed E-state index contributed by atoms with van der Waals surface area (Å²) in [7, 11) is 0. The van der Waals surface area contributed by atoms with E-state index in [2.05, 4.69) is 41.5 Å². The number of fused-ring (bicyclic) bond motifs is 2. The molecule has 0 N–H and O–H groups in total. The van der Waals surface area contributed by atoms with Crippen LogP contribution in [0.2, 0.25) is 0 Å². The van der Waals surface area contributed by atoms with Crippen LogP contribution < -0.4 is 0 Å². The summed E-state index contributed by atoms with van der Waals surface area (Å²) in [6, 6.07) is 0. The van der Waals surface area contributed by atoms with E-state index in [9.17, 15) is 9.59 Å². The van der Waals surface area contributed by atoms with Crippen LogP contribution in [0.5, 0.6) is 0 Å². The van der Waals surface area contributed by atoms with Crippen LogP contribution in [0.15, 0.2) is 11.1 Å². The number of hydrogen-bond donors (Lipinski definition) is 0. The van der Waals surface area contributed by atoms with Crippen molar-refractivity contribution in [1.29, 1.82) is 0 Å². The Bertz CT molecular complexity index is 570. The number of carbonyl (C=O) groups excluding carboxylic acids is 2. The molecule has 166 valence electrons. The first kappa shape index (κ1) is 24.0. The molecule has 0 radical (unpaired) electrons. The minimum absolute atomic E-state index is 0.102. The van der Waals surface area contributed by atoms with Gasteiger partial charge in [-0.25, -0.2) is 0 Å². The number of carbonyl (C=O) groups is 2. The van der Waals surface area contributed by atoms with E-state index in [0.29, 0.717) is 26.1 Å². The topological polar surface area (TPSA) is 52.6 Å². The SMILES string of the molecule is CCCCOC(=O)C1(CC)[C@H]2C[C@@H](C(CC)=C2CC)C1(CC)C(=O)OCCCC. The highest BCUT2D eigenvalue weighted by atomic mass is 16.5. The molecule has 0 aromatic carbocycles. The summed E-state index contributed by atoms with van der Waals surface area (Å²) in [5.74, 6) is -0.136. The standard InChI is InChI=1S/C25H42O4/c1-7-13-15-28-22(26)24(11-5)20-17-21(19(10-4)18(20)9-3)25(24,12-6)23(27)29-16-14-8-2/h20-21H,7-17H2,1-6H3/t20-,21-,24?,25?/m0/s1. The lowest BCUT2D eigenvalue weighted by Crippen LogP contribution is -2.57. The zero-order chi connectivity index (χ0) is 21.7. The van der Waals surface area contributed by atoms with E-state index in [0.717, 1.165) is 44.9 Å². The second kappa shape index (κ2) is 10.1. The number of rotatable bonds is 12. The summed E-state index contributed by atoms with van der Waals surface area (Å²) in [5.41, 5.74) is 1.20. The van der Waals surface area contributed by atoms with Crippen molar-refractivity contribution in [1.82, 2.24) is 0 Å². The molecule has 0 aromatic heterocycles. The number of ether oxygens (including phenoxy) is 2. The van der Waals surface area contributed by atoms with Gasteiger partial charge in [-0.2, -0.15) is 0 Å². The van der Waals surface area contributed by atoms with Gasteiger partial charge in [0.25, 0.3) is 0 Å². The molecule has 0 amide bonds. The molecule has 4 nitrogen and oxygen atoms in total. The van der Waals surface area contributed by atoms with E-state index in [1.807, 2.05) is 0 Å². The number of allylic oxidation sites excluding steroid dienone is 2. The Morgan fingerprint density at radius 1 is 0.759 bits per heavy atom. The Morgan fingerprint density at radius 3 is 1.41 bits per heavy atom. The first-order valence-electron chi connectivity index (χ1n) is 12.0. The Labute approximate surface area is 177 Å². The molecule has 0 spiro atoms. The van der Waals surface area contributed by atoms with E-state index in [1.165, 1.54) is 11.1 Å². The molecule has 29 heavy (non-hydrogen) atoms. The molecule has 0 heterocycles. The smallest absolute Gasteiger partial charge is 0.313 e. The molecule has 2 unspecified atom stereocenters. The van der Waals surface area contributed by atoms with Crippen molar-refractivity contribution in [2.45, 2.75) is 99.3 Å². The Balaban J connectivity index is 2.57. The average Bonchev–Trinajstić information content (AvgIpc) is 3.25. The van der Waals surface area contributed by atoms with Gasteiger partial charge < -0.3 is 9.47 Å². The Hall–Kier alpha value is -1.32. The van der Waals surface area contributed by atoms with Crippen molar-refractivity contribution < 1.29 is 19.1 Å². The summed E-state index contributed by atoms with van der Waals surface area (Å²) in [4.78, 5) is 27.4. The monoisotopic (exact) mass is 406 g/mol. The Morgan fingerprint density at radius 2 is 1.14 bits per heavy atom. The van der Waals surface area contributed by atoms with Crippen molar-refractivity contribution in [3.8, 4) is 0 Å². The van der Waals surface area contributed by atoms with Gasteiger partial charge >= 0.3 is 11.9 Å². The fraction of sp³-hybridized carbons (Fsp3) is 0.840. The predicted molar refractivity (Wildman–Crippen MR) is 116 cm³/mol. The number of esters is 2. The average molecular weight is 407 g/mol. The van der Waals surface area contributed by atoms with Gasteiger partial charge in [0.2, 0.25) is 0 Å². The summed E-state index contributed by atoms with van der Waals surface area (Å²) >= 11 is 0.